The molecule has 1 aromatic rings. The van der Waals surface area contributed by atoms with Crippen LogP contribution in [-0.2, 0) is 6.42 Å². The van der Waals surface area contributed by atoms with Crippen LogP contribution in [0.3, 0.4) is 0 Å². The lowest BCUT2D eigenvalue weighted by Gasteiger charge is -2.42. The van der Waals surface area contributed by atoms with E-state index < -0.39 is 0 Å². The first-order chi connectivity index (χ1) is 9.71. The lowest BCUT2D eigenvalue weighted by molar-refractivity contribution is -0.0171. The summed E-state index contributed by atoms with van der Waals surface area (Å²) in [4.78, 5) is 2.59. The Balaban J connectivity index is 1.75. The standard InChI is InChI=1S/C17H24INO/c18-15-7-5-14(6-8-15)13-16(20)17(9-1-2-10-17)19-11-3-4-12-19/h5-8,16,20H,1-4,9-13H2. The van der Waals surface area contributed by atoms with E-state index in [1.54, 1.807) is 0 Å². The van der Waals surface area contributed by atoms with E-state index >= 15 is 0 Å². The molecule has 0 bridgehead atoms. The van der Waals surface area contributed by atoms with Crippen molar-refractivity contribution in [1.82, 2.24) is 4.90 Å². The van der Waals surface area contributed by atoms with Crippen LogP contribution in [0.4, 0.5) is 0 Å². The Kier molecular flexibility index (Phi) is 4.68. The first-order valence-electron chi connectivity index (χ1n) is 7.88. The van der Waals surface area contributed by atoms with Crippen molar-refractivity contribution in [3.05, 3.63) is 33.4 Å². The van der Waals surface area contributed by atoms with Gasteiger partial charge in [0.1, 0.15) is 0 Å². The highest BCUT2D eigenvalue weighted by Crippen LogP contribution is 2.41. The molecule has 110 valence electrons. The molecule has 3 rings (SSSR count). The molecule has 0 aromatic heterocycles. The second-order valence-electron chi connectivity index (χ2n) is 6.35. The summed E-state index contributed by atoms with van der Waals surface area (Å²) in [5.41, 5.74) is 1.34. The summed E-state index contributed by atoms with van der Waals surface area (Å²) in [6.45, 7) is 2.37. The number of benzene rings is 1. The van der Waals surface area contributed by atoms with E-state index in [2.05, 4.69) is 51.8 Å². The van der Waals surface area contributed by atoms with Gasteiger partial charge in [0.2, 0.25) is 0 Å². The van der Waals surface area contributed by atoms with Gasteiger partial charge in [-0.3, -0.25) is 4.90 Å². The van der Waals surface area contributed by atoms with Crippen LogP contribution < -0.4 is 0 Å². The maximum Gasteiger partial charge on any atom is 0.0764 e. The molecule has 2 aliphatic rings. The molecule has 0 radical (unpaired) electrons. The van der Waals surface area contributed by atoms with Gasteiger partial charge in [0.15, 0.2) is 0 Å². The number of hydrogen-bond donors (Lipinski definition) is 1. The molecule has 3 heteroatoms. The quantitative estimate of drug-likeness (QED) is 0.801. The number of nitrogens with zero attached hydrogens (tertiary/aromatic N) is 1. The van der Waals surface area contributed by atoms with Crippen LogP contribution in [-0.4, -0.2) is 34.7 Å². The van der Waals surface area contributed by atoms with Gasteiger partial charge in [-0.15, -0.1) is 0 Å². The van der Waals surface area contributed by atoms with Crippen LogP contribution in [0.25, 0.3) is 0 Å². The number of hydrogen-bond acceptors (Lipinski definition) is 2. The third kappa shape index (κ3) is 2.90. The van der Waals surface area contributed by atoms with Gasteiger partial charge in [0.05, 0.1) is 6.10 Å². The zero-order valence-electron chi connectivity index (χ0n) is 12.0. The first-order valence-corrected chi connectivity index (χ1v) is 8.96. The van der Waals surface area contributed by atoms with Crippen LogP contribution in [0.1, 0.15) is 44.1 Å². The van der Waals surface area contributed by atoms with Gasteiger partial charge in [-0.2, -0.15) is 0 Å². The molecule has 1 atom stereocenters. The molecule has 0 amide bonds. The lowest BCUT2D eigenvalue weighted by Crippen LogP contribution is -2.54. The van der Waals surface area contributed by atoms with Crippen molar-refractivity contribution in [3.8, 4) is 0 Å². The molecule has 2 fully saturated rings. The number of aliphatic hydroxyl groups excluding tert-OH is 1. The van der Waals surface area contributed by atoms with Gasteiger partial charge in [0.25, 0.3) is 0 Å². The Labute approximate surface area is 135 Å². The highest BCUT2D eigenvalue weighted by molar-refractivity contribution is 14.1. The van der Waals surface area contributed by atoms with E-state index in [0.717, 1.165) is 6.42 Å². The van der Waals surface area contributed by atoms with Gasteiger partial charge < -0.3 is 5.11 Å². The minimum atomic E-state index is -0.219. The first kappa shape index (κ1) is 14.8. The van der Waals surface area contributed by atoms with Crippen LogP contribution in [0.5, 0.6) is 0 Å². The predicted octanol–water partition coefficient (Wildman–Crippen LogP) is 3.60. The van der Waals surface area contributed by atoms with Crippen molar-refractivity contribution in [2.75, 3.05) is 13.1 Å². The van der Waals surface area contributed by atoms with E-state index in [1.165, 1.54) is 60.7 Å². The molecule has 2 nitrogen and oxygen atoms in total. The smallest absolute Gasteiger partial charge is 0.0764 e. The molecular weight excluding hydrogens is 361 g/mol. The number of rotatable bonds is 4. The van der Waals surface area contributed by atoms with Crippen LogP contribution >= 0.6 is 22.6 Å². The van der Waals surface area contributed by atoms with Gasteiger partial charge >= 0.3 is 0 Å². The Morgan fingerprint density at radius 3 is 2.25 bits per heavy atom. The second-order valence-corrected chi connectivity index (χ2v) is 7.60. The van der Waals surface area contributed by atoms with Crippen molar-refractivity contribution >= 4 is 22.6 Å². The van der Waals surface area contributed by atoms with Crippen molar-refractivity contribution in [2.45, 2.75) is 56.6 Å². The molecule has 1 saturated carbocycles. The van der Waals surface area contributed by atoms with Gasteiger partial charge in [-0.05, 0) is 79.1 Å². The third-order valence-corrected chi connectivity index (χ3v) is 5.89. The normalized spacial score (nSPS) is 24.1. The van der Waals surface area contributed by atoms with Crippen molar-refractivity contribution < 1.29 is 5.11 Å². The van der Waals surface area contributed by atoms with E-state index in [1.807, 2.05) is 0 Å². The van der Waals surface area contributed by atoms with Crippen molar-refractivity contribution in [2.24, 2.45) is 0 Å². The van der Waals surface area contributed by atoms with Gasteiger partial charge in [-0.1, -0.05) is 25.0 Å². The number of likely N-dealkylation sites (tertiary alicyclic amines) is 1. The molecule has 0 spiro atoms. The maximum absolute atomic E-state index is 10.9. The maximum atomic E-state index is 10.9. The number of aliphatic hydroxyl groups is 1. The fourth-order valence-corrected chi connectivity index (χ4v) is 4.40. The molecule has 20 heavy (non-hydrogen) atoms. The molecule has 1 aromatic carbocycles. The number of halogens is 1. The average molecular weight is 385 g/mol. The van der Waals surface area contributed by atoms with Crippen LogP contribution in [0.2, 0.25) is 0 Å². The molecule has 1 heterocycles. The van der Waals surface area contributed by atoms with Crippen LogP contribution in [0, 0.1) is 3.57 Å². The summed E-state index contributed by atoms with van der Waals surface area (Å²) < 4.78 is 1.26. The van der Waals surface area contributed by atoms with Crippen LogP contribution in [0.15, 0.2) is 24.3 Å². The Morgan fingerprint density at radius 1 is 1.05 bits per heavy atom. The fraction of sp³-hybridized carbons (Fsp3) is 0.647. The van der Waals surface area contributed by atoms with E-state index in [9.17, 15) is 5.11 Å². The molecule has 1 aliphatic carbocycles. The summed E-state index contributed by atoms with van der Waals surface area (Å²) in [6, 6.07) is 8.61. The molecule has 1 aliphatic heterocycles. The SMILES string of the molecule is OC(Cc1ccc(I)cc1)C1(N2CCCC2)CCCC1. The zero-order chi connectivity index (χ0) is 14.0. The molecular formula is C17H24INO. The Morgan fingerprint density at radius 2 is 1.65 bits per heavy atom. The fourth-order valence-electron chi connectivity index (χ4n) is 4.04. The van der Waals surface area contributed by atoms with E-state index in [0.29, 0.717) is 0 Å². The summed E-state index contributed by atoms with van der Waals surface area (Å²) in [5.74, 6) is 0. The minimum absolute atomic E-state index is 0.0689. The summed E-state index contributed by atoms with van der Waals surface area (Å²) in [6.07, 6.45) is 8.10. The summed E-state index contributed by atoms with van der Waals surface area (Å²) >= 11 is 2.33. The Bertz CT molecular complexity index is 433. The molecule has 1 unspecified atom stereocenters. The molecule has 1 N–H and O–H groups in total. The monoisotopic (exact) mass is 385 g/mol. The van der Waals surface area contributed by atoms with E-state index in [4.69, 9.17) is 0 Å². The van der Waals surface area contributed by atoms with Gasteiger partial charge in [0, 0.05) is 15.5 Å². The highest BCUT2D eigenvalue weighted by atomic mass is 127. The second kappa shape index (κ2) is 6.32. The van der Waals surface area contributed by atoms with Crippen molar-refractivity contribution in [1.29, 1.82) is 0 Å². The average Bonchev–Trinajstić information content (AvgIpc) is 3.12. The van der Waals surface area contributed by atoms with Crippen molar-refractivity contribution in [3.63, 3.8) is 0 Å². The van der Waals surface area contributed by atoms with Gasteiger partial charge in [-0.25, -0.2) is 0 Å². The Hall–Kier alpha value is -0.130. The largest absolute Gasteiger partial charge is 0.391 e. The van der Waals surface area contributed by atoms with E-state index in [-0.39, 0.29) is 11.6 Å². The predicted molar refractivity (Wildman–Crippen MR) is 90.9 cm³/mol. The minimum Gasteiger partial charge on any atom is -0.391 e. The lowest BCUT2D eigenvalue weighted by atomic mass is 9.85. The molecule has 1 saturated heterocycles. The topological polar surface area (TPSA) is 23.5 Å². The zero-order valence-corrected chi connectivity index (χ0v) is 14.2. The third-order valence-electron chi connectivity index (χ3n) is 5.17. The summed E-state index contributed by atoms with van der Waals surface area (Å²) in [5, 5.41) is 10.9. The summed E-state index contributed by atoms with van der Waals surface area (Å²) in [7, 11) is 0. The highest BCUT2D eigenvalue weighted by Gasteiger charge is 2.45.